The lowest BCUT2D eigenvalue weighted by atomic mass is 10.2. The van der Waals surface area contributed by atoms with E-state index in [1.165, 1.54) is 0 Å². The average molecular weight is 205 g/mol. The van der Waals surface area contributed by atoms with E-state index in [1.54, 1.807) is 7.05 Å². The third-order valence-electron chi connectivity index (χ3n) is 1.57. The van der Waals surface area contributed by atoms with Crippen LogP contribution in [-0.4, -0.2) is 51.2 Å². The molecule has 0 amide bonds. The molecule has 0 bridgehead atoms. The highest BCUT2D eigenvalue weighted by atomic mass is 16.5. The predicted octanol–water partition coefficient (Wildman–Crippen LogP) is 0.256. The Hall–Kier alpha value is -0.160. The Labute approximate surface area is 86.6 Å². The molecular formula is C10H23NO3. The van der Waals surface area contributed by atoms with Gasteiger partial charge in [0, 0.05) is 13.2 Å². The third-order valence-corrected chi connectivity index (χ3v) is 1.57. The number of aliphatic hydroxyl groups is 1. The summed E-state index contributed by atoms with van der Waals surface area (Å²) in [5.74, 6) is 0.560. The maximum Gasteiger partial charge on any atom is 0.0897 e. The van der Waals surface area contributed by atoms with Crippen LogP contribution in [0.1, 0.15) is 13.8 Å². The molecule has 0 rings (SSSR count). The van der Waals surface area contributed by atoms with Crippen molar-refractivity contribution < 1.29 is 14.6 Å². The fraction of sp³-hybridized carbons (Fsp3) is 1.00. The van der Waals surface area contributed by atoms with Crippen LogP contribution in [0.25, 0.3) is 0 Å². The molecule has 0 radical (unpaired) electrons. The molecule has 14 heavy (non-hydrogen) atoms. The minimum Gasteiger partial charge on any atom is -0.389 e. The van der Waals surface area contributed by atoms with Gasteiger partial charge in [-0.05, 0) is 13.0 Å². The van der Waals surface area contributed by atoms with E-state index in [1.807, 2.05) is 0 Å². The van der Waals surface area contributed by atoms with Crippen LogP contribution in [0.5, 0.6) is 0 Å². The zero-order valence-corrected chi connectivity index (χ0v) is 9.45. The van der Waals surface area contributed by atoms with E-state index in [4.69, 9.17) is 9.47 Å². The number of nitrogens with one attached hydrogen (secondary N) is 1. The second-order valence-corrected chi connectivity index (χ2v) is 3.76. The van der Waals surface area contributed by atoms with Crippen molar-refractivity contribution in [3.8, 4) is 0 Å². The molecule has 0 heterocycles. The third kappa shape index (κ3) is 9.92. The molecule has 86 valence electrons. The summed E-state index contributed by atoms with van der Waals surface area (Å²) >= 11 is 0. The molecule has 0 aliphatic heterocycles. The number of hydrogen-bond donors (Lipinski definition) is 2. The molecule has 2 N–H and O–H groups in total. The maximum atomic E-state index is 9.27. The summed E-state index contributed by atoms with van der Waals surface area (Å²) in [4.78, 5) is 0. The number of aliphatic hydroxyl groups excluding tert-OH is 1. The van der Waals surface area contributed by atoms with Gasteiger partial charge < -0.3 is 19.9 Å². The van der Waals surface area contributed by atoms with E-state index in [0.717, 1.165) is 6.61 Å². The van der Waals surface area contributed by atoms with Gasteiger partial charge in [0.25, 0.3) is 0 Å². The Bertz CT molecular complexity index is 120. The Morgan fingerprint density at radius 2 is 1.71 bits per heavy atom. The molecule has 0 aliphatic carbocycles. The zero-order chi connectivity index (χ0) is 10.8. The lowest BCUT2D eigenvalue weighted by Gasteiger charge is -2.11. The number of hydrogen-bond acceptors (Lipinski definition) is 4. The molecule has 1 unspecified atom stereocenters. The minimum absolute atomic E-state index is 0.367. The summed E-state index contributed by atoms with van der Waals surface area (Å²) in [5, 5.41) is 12.1. The summed E-state index contributed by atoms with van der Waals surface area (Å²) < 4.78 is 10.5. The zero-order valence-electron chi connectivity index (χ0n) is 9.45. The average Bonchev–Trinajstić information content (AvgIpc) is 2.11. The summed E-state index contributed by atoms with van der Waals surface area (Å²) in [7, 11) is 1.80. The summed E-state index contributed by atoms with van der Waals surface area (Å²) in [6, 6.07) is 0. The first-order valence-corrected chi connectivity index (χ1v) is 5.15. The maximum absolute atomic E-state index is 9.27. The molecular weight excluding hydrogens is 182 g/mol. The van der Waals surface area contributed by atoms with Crippen molar-refractivity contribution in [2.45, 2.75) is 20.0 Å². The molecule has 0 aromatic rings. The van der Waals surface area contributed by atoms with Crippen molar-refractivity contribution >= 4 is 0 Å². The molecule has 0 aliphatic rings. The highest BCUT2D eigenvalue weighted by Crippen LogP contribution is 1.92. The van der Waals surface area contributed by atoms with E-state index < -0.39 is 6.10 Å². The van der Waals surface area contributed by atoms with Gasteiger partial charge >= 0.3 is 0 Å². The standard InChI is InChI=1S/C10H23NO3/c1-9(2)7-13-4-5-14-8-10(12)6-11-3/h9-12H,4-8H2,1-3H3. The van der Waals surface area contributed by atoms with Crippen LogP contribution in [-0.2, 0) is 9.47 Å². The van der Waals surface area contributed by atoms with Gasteiger partial charge in [-0.15, -0.1) is 0 Å². The molecule has 4 nitrogen and oxygen atoms in total. The second-order valence-electron chi connectivity index (χ2n) is 3.76. The predicted molar refractivity (Wildman–Crippen MR) is 56.4 cm³/mol. The van der Waals surface area contributed by atoms with Crippen LogP contribution < -0.4 is 5.32 Å². The molecule has 4 heteroatoms. The number of ether oxygens (including phenoxy) is 2. The first-order valence-electron chi connectivity index (χ1n) is 5.15. The van der Waals surface area contributed by atoms with E-state index in [2.05, 4.69) is 19.2 Å². The van der Waals surface area contributed by atoms with Crippen LogP contribution >= 0.6 is 0 Å². The first kappa shape index (κ1) is 13.8. The summed E-state index contributed by atoms with van der Waals surface area (Å²) in [6.07, 6.45) is -0.426. The summed E-state index contributed by atoms with van der Waals surface area (Å²) in [6.45, 7) is 7.06. The molecule has 0 saturated heterocycles. The Balaban J connectivity index is 3.05. The van der Waals surface area contributed by atoms with Crippen LogP contribution in [0.15, 0.2) is 0 Å². The van der Waals surface area contributed by atoms with Gasteiger partial charge in [-0.3, -0.25) is 0 Å². The van der Waals surface area contributed by atoms with Gasteiger partial charge in [-0.2, -0.15) is 0 Å². The van der Waals surface area contributed by atoms with Gasteiger partial charge in [-0.25, -0.2) is 0 Å². The van der Waals surface area contributed by atoms with Crippen LogP contribution in [0.3, 0.4) is 0 Å². The monoisotopic (exact) mass is 205 g/mol. The van der Waals surface area contributed by atoms with Crippen molar-refractivity contribution in [2.24, 2.45) is 5.92 Å². The molecule has 1 atom stereocenters. The molecule has 0 saturated carbocycles. The van der Waals surface area contributed by atoms with Gasteiger partial charge in [-0.1, -0.05) is 13.8 Å². The SMILES string of the molecule is CNCC(O)COCCOCC(C)C. The Morgan fingerprint density at radius 3 is 2.21 bits per heavy atom. The Kier molecular flexibility index (Phi) is 9.29. The topological polar surface area (TPSA) is 50.7 Å². The van der Waals surface area contributed by atoms with E-state index in [-0.39, 0.29) is 0 Å². The second kappa shape index (κ2) is 9.40. The van der Waals surface area contributed by atoms with E-state index >= 15 is 0 Å². The van der Waals surface area contributed by atoms with E-state index in [9.17, 15) is 5.11 Å². The smallest absolute Gasteiger partial charge is 0.0897 e. The van der Waals surface area contributed by atoms with Crippen molar-refractivity contribution in [1.82, 2.24) is 5.32 Å². The first-order chi connectivity index (χ1) is 6.66. The van der Waals surface area contributed by atoms with Gasteiger partial charge in [0.15, 0.2) is 0 Å². The fourth-order valence-electron chi connectivity index (χ4n) is 0.951. The lowest BCUT2D eigenvalue weighted by molar-refractivity contribution is 0.000401. The molecule has 0 aromatic heterocycles. The highest BCUT2D eigenvalue weighted by molar-refractivity contribution is 4.54. The van der Waals surface area contributed by atoms with Gasteiger partial charge in [0.05, 0.1) is 25.9 Å². The van der Waals surface area contributed by atoms with Crippen molar-refractivity contribution in [3.63, 3.8) is 0 Å². The molecule has 0 spiro atoms. The number of rotatable bonds is 9. The van der Waals surface area contributed by atoms with Crippen molar-refractivity contribution in [3.05, 3.63) is 0 Å². The van der Waals surface area contributed by atoms with Gasteiger partial charge in [0.2, 0.25) is 0 Å². The Morgan fingerprint density at radius 1 is 1.14 bits per heavy atom. The summed E-state index contributed by atoms with van der Waals surface area (Å²) in [5.41, 5.74) is 0. The molecule has 0 aromatic carbocycles. The fourth-order valence-corrected chi connectivity index (χ4v) is 0.951. The minimum atomic E-state index is -0.426. The van der Waals surface area contributed by atoms with Crippen molar-refractivity contribution in [1.29, 1.82) is 0 Å². The van der Waals surface area contributed by atoms with Crippen LogP contribution in [0, 0.1) is 5.92 Å². The normalized spacial score (nSPS) is 13.5. The van der Waals surface area contributed by atoms with Crippen LogP contribution in [0.4, 0.5) is 0 Å². The van der Waals surface area contributed by atoms with Gasteiger partial charge in [0.1, 0.15) is 0 Å². The highest BCUT2D eigenvalue weighted by Gasteiger charge is 2.01. The van der Waals surface area contributed by atoms with Crippen molar-refractivity contribution in [2.75, 3.05) is 40.0 Å². The lowest BCUT2D eigenvalue weighted by Crippen LogP contribution is -2.28. The van der Waals surface area contributed by atoms with E-state index in [0.29, 0.717) is 32.3 Å². The largest absolute Gasteiger partial charge is 0.389 e. The van der Waals surface area contributed by atoms with Crippen LogP contribution in [0.2, 0.25) is 0 Å². The molecule has 0 fully saturated rings. The quantitative estimate of drug-likeness (QED) is 0.530. The number of likely N-dealkylation sites (N-methyl/N-ethyl adjacent to an activating group) is 1.